The van der Waals surface area contributed by atoms with E-state index in [0.717, 1.165) is 11.1 Å². The Kier molecular flexibility index (Phi) is 3.21. The maximum absolute atomic E-state index is 11.4. The summed E-state index contributed by atoms with van der Waals surface area (Å²) >= 11 is 0. The van der Waals surface area contributed by atoms with Gasteiger partial charge in [0.2, 0.25) is 0 Å². The number of fused-ring (bicyclic) bond motifs is 1. The smallest absolute Gasteiger partial charge is 0.331 e. The molecular formula is C16H13NO3. The minimum atomic E-state index is -0.917. The second kappa shape index (κ2) is 5.17. The van der Waals surface area contributed by atoms with Gasteiger partial charge in [-0.05, 0) is 18.2 Å². The van der Waals surface area contributed by atoms with Crippen molar-refractivity contribution in [1.29, 1.82) is 0 Å². The zero-order chi connectivity index (χ0) is 13.9. The fraction of sp³-hybridized carbons (Fsp3) is 0.125. The molecule has 0 bridgehead atoms. The Morgan fingerprint density at radius 1 is 1.25 bits per heavy atom. The summed E-state index contributed by atoms with van der Waals surface area (Å²) in [6.45, 7) is 0. The van der Waals surface area contributed by atoms with Crippen LogP contribution >= 0.6 is 0 Å². The molecule has 1 N–H and O–H groups in total. The lowest BCUT2D eigenvalue weighted by molar-refractivity contribution is -0.132. The van der Waals surface area contributed by atoms with Crippen LogP contribution in [0.5, 0.6) is 5.75 Å². The summed E-state index contributed by atoms with van der Waals surface area (Å²) in [5.41, 5.74) is 2.00. The van der Waals surface area contributed by atoms with Crippen molar-refractivity contribution in [1.82, 2.24) is 4.98 Å². The summed E-state index contributed by atoms with van der Waals surface area (Å²) in [6.07, 6.45) is 5.04. The molecular weight excluding hydrogens is 254 g/mol. The van der Waals surface area contributed by atoms with E-state index in [2.05, 4.69) is 4.98 Å². The summed E-state index contributed by atoms with van der Waals surface area (Å²) in [4.78, 5) is 15.4. The molecule has 0 saturated carbocycles. The number of hydrogen-bond donors (Lipinski definition) is 1. The van der Waals surface area contributed by atoms with E-state index in [0.29, 0.717) is 17.7 Å². The molecule has 0 fully saturated rings. The Morgan fingerprint density at radius 2 is 2.10 bits per heavy atom. The van der Waals surface area contributed by atoms with Gasteiger partial charge in [0.25, 0.3) is 0 Å². The quantitative estimate of drug-likeness (QED) is 0.908. The highest BCUT2D eigenvalue weighted by Gasteiger charge is 2.23. The Balaban J connectivity index is 2.05. The van der Waals surface area contributed by atoms with Gasteiger partial charge in [-0.15, -0.1) is 0 Å². The first-order valence-corrected chi connectivity index (χ1v) is 6.33. The third-order valence-electron chi connectivity index (χ3n) is 3.25. The highest BCUT2D eigenvalue weighted by atomic mass is 16.5. The van der Waals surface area contributed by atoms with Crippen LogP contribution in [0.25, 0.3) is 6.08 Å². The van der Waals surface area contributed by atoms with Crippen molar-refractivity contribution in [2.75, 3.05) is 0 Å². The van der Waals surface area contributed by atoms with Crippen molar-refractivity contribution in [3.63, 3.8) is 0 Å². The topological polar surface area (TPSA) is 59.4 Å². The van der Waals surface area contributed by atoms with E-state index in [-0.39, 0.29) is 6.10 Å². The predicted molar refractivity (Wildman–Crippen MR) is 74.3 cm³/mol. The van der Waals surface area contributed by atoms with Crippen molar-refractivity contribution >= 4 is 12.0 Å². The number of nitrogens with zero attached hydrogens (tertiary/aromatic N) is 1. The number of ether oxygens (including phenoxy) is 1. The van der Waals surface area contributed by atoms with Gasteiger partial charge in [-0.3, -0.25) is 4.98 Å². The van der Waals surface area contributed by atoms with E-state index in [1.807, 2.05) is 36.4 Å². The standard InChI is InChI=1S/C16H13NO3/c18-16(19)13-8-11-4-1-2-6-14(11)20-15(9-13)12-5-3-7-17-10-12/h1-8,10,15H,9H2,(H,18,19). The molecule has 1 unspecified atom stereocenters. The van der Waals surface area contributed by atoms with Crippen molar-refractivity contribution in [2.24, 2.45) is 0 Å². The largest absolute Gasteiger partial charge is 0.485 e. The number of aliphatic carboxylic acids is 1. The van der Waals surface area contributed by atoms with Crippen LogP contribution in [0.1, 0.15) is 23.7 Å². The monoisotopic (exact) mass is 267 g/mol. The lowest BCUT2D eigenvalue weighted by Crippen LogP contribution is -2.11. The van der Waals surface area contributed by atoms with Crippen LogP contribution < -0.4 is 4.74 Å². The summed E-state index contributed by atoms with van der Waals surface area (Å²) in [6, 6.07) is 11.1. The van der Waals surface area contributed by atoms with E-state index in [1.54, 1.807) is 18.5 Å². The maximum atomic E-state index is 11.4. The summed E-state index contributed by atoms with van der Waals surface area (Å²) in [5.74, 6) is -0.225. The number of aromatic nitrogens is 1. The van der Waals surface area contributed by atoms with E-state index in [1.165, 1.54) is 0 Å². The van der Waals surface area contributed by atoms with Gasteiger partial charge in [-0.25, -0.2) is 4.79 Å². The SMILES string of the molecule is O=C(O)C1=Cc2ccccc2OC(c2cccnc2)C1. The van der Waals surface area contributed by atoms with Gasteiger partial charge in [0.1, 0.15) is 11.9 Å². The number of carbonyl (C=O) groups is 1. The molecule has 0 spiro atoms. The first-order valence-electron chi connectivity index (χ1n) is 6.33. The zero-order valence-corrected chi connectivity index (χ0v) is 10.7. The molecule has 1 aromatic heterocycles. The minimum Gasteiger partial charge on any atom is -0.485 e. The van der Waals surface area contributed by atoms with E-state index in [9.17, 15) is 9.90 Å². The zero-order valence-electron chi connectivity index (χ0n) is 10.7. The highest BCUT2D eigenvalue weighted by Crippen LogP contribution is 2.34. The maximum Gasteiger partial charge on any atom is 0.331 e. The third kappa shape index (κ3) is 2.40. The summed E-state index contributed by atoms with van der Waals surface area (Å²) in [7, 11) is 0. The fourth-order valence-corrected chi connectivity index (χ4v) is 2.25. The first kappa shape index (κ1) is 12.4. The first-order chi connectivity index (χ1) is 9.74. The molecule has 4 nitrogen and oxygen atoms in total. The average Bonchev–Trinajstić information content (AvgIpc) is 2.67. The number of para-hydroxylation sites is 1. The molecule has 2 heterocycles. The van der Waals surface area contributed by atoms with Crippen molar-refractivity contribution in [3.05, 3.63) is 65.5 Å². The minimum absolute atomic E-state index is 0.315. The molecule has 0 saturated heterocycles. The van der Waals surface area contributed by atoms with Crippen molar-refractivity contribution in [3.8, 4) is 5.75 Å². The van der Waals surface area contributed by atoms with Crippen LogP contribution in [-0.4, -0.2) is 16.1 Å². The number of rotatable bonds is 2. The fourth-order valence-electron chi connectivity index (χ4n) is 2.25. The van der Waals surface area contributed by atoms with E-state index in [4.69, 9.17) is 4.74 Å². The van der Waals surface area contributed by atoms with Gasteiger partial charge < -0.3 is 9.84 Å². The van der Waals surface area contributed by atoms with Crippen LogP contribution in [-0.2, 0) is 4.79 Å². The molecule has 2 aromatic rings. The number of hydrogen-bond acceptors (Lipinski definition) is 3. The molecule has 1 aromatic carbocycles. The van der Waals surface area contributed by atoms with Crippen LogP contribution in [0.2, 0.25) is 0 Å². The third-order valence-corrected chi connectivity index (χ3v) is 3.25. The number of pyridine rings is 1. The number of carboxylic acids is 1. The van der Waals surface area contributed by atoms with Crippen LogP contribution in [0.3, 0.4) is 0 Å². The van der Waals surface area contributed by atoms with Gasteiger partial charge in [0.05, 0.1) is 0 Å². The van der Waals surface area contributed by atoms with Crippen molar-refractivity contribution in [2.45, 2.75) is 12.5 Å². The highest BCUT2D eigenvalue weighted by molar-refractivity contribution is 5.93. The van der Waals surface area contributed by atoms with Gasteiger partial charge in [0.15, 0.2) is 0 Å². The van der Waals surface area contributed by atoms with E-state index >= 15 is 0 Å². The Labute approximate surface area is 116 Å². The van der Waals surface area contributed by atoms with E-state index < -0.39 is 5.97 Å². The molecule has 0 aliphatic carbocycles. The normalized spacial score (nSPS) is 17.4. The molecule has 1 atom stereocenters. The molecule has 1 aliphatic rings. The number of benzene rings is 1. The molecule has 4 heteroatoms. The van der Waals surface area contributed by atoms with Gasteiger partial charge in [-0.1, -0.05) is 24.3 Å². The number of carboxylic acid groups (broad SMARTS) is 1. The molecule has 100 valence electrons. The molecule has 20 heavy (non-hydrogen) atoms. The van der Waals surface area contributed by atoms with Crippen LogP contribution in [0.4, 0.5) is 0 Å². The Bertz CT molecular complexity index is 664. The van der Waals surface area contributed by atoms with Crippen LogP contribution in [0.15, 0.2) is 54.4 Å². The van der Waals surface area contributed by atoms with Crippen LogP contribution in [0, 0.1) is 0 Å². The molecule has 0 amide bonds. The lowest BCUT2D eigenvalue weighted by atomic mass is 10.0. The average molecular weight is 267 g/mol. The molecule has 1 aliphatic heterocycles. The molecule has 3 rings (SSSR count). The second-order valence-electron chi connectivity index (χ2n) is 4.61. The van der Waals surface area contributed by atoms with Gasteiger partial charge in [-0.2, -0.15) is 0 Å². The Hall–Kier alpha value is -2.62. The summed E-state index contributed by atoms with van der Waals surface area (Å²) < 4.78 is 5.97. The van der Waals surface area contributed by atoms with Crippen molar-refractivity contribution < 1.29 is 14.6 Å². The van der Waals surface area contributed by atoms with Gasteiger partial charge in [0, 0.05) is 35.5 Å². The lowest BCUT2D eigenvalue weighted by Gasteiger charge is -2.18. The second-order valence-corrected chi connectivity index (χ2v) is 4.61. The summed E-state index contributed by atoms with van der Waals surface area (Å²) in [5, 5.41) is 9.31. The predicted octanol–water partition coefficient (Wildman–Crippen LogP) is 3.07. The molecule has 0 radical (unpaired) electrons. The Morgan fingerprint density at radius 3 is 2.85 bits per heavy atom. The van der Waals surface area contributed by atoms with Gasteiger partial charge >= 0.3 is 5.97 Å².